The van der Waals surface area contributed by atoms with Gasteiger partial charge >= 0.3 is 5.97 Å². The van der Waals surface area contributed by atoms with Gasteiger partial charge < -0.3 is 10.1 Å². The SMILES string of the molecule is CCCS(=O)(=O)Nc1cccc(C(=O)OC(C)C(=O)Nc2cccc([N+](=O)[O-])c2)c1. The van der Waals surface area contributed by atoms with Crippen LogP contribution in [0.1, 0.15) is 30.6 Å². The van der Waals surface area contributed by atoms with Crippen molar-refractivity contribution in [2.45, 2.75) is 26.4 Å². The lowest BCUT2D eigenvalue weighted by molar-refractivity contribution is -0.384. The molecule has 0 aromatic heterocycles. The van der Waals surface area contributed by atoms with Crippen molar-refractivity contribution in [1.29, 1.82) is 0 Å². The second kappa shape index (κ2) is 9.83. The number of hydrogen-bond acceptors (Lipinski definition) is 7. The van der Waals surface area contributed by atoms with Crippen LogP contribution in [-0.4, -0.2) is 37.1 Å². The highest BCUT2D eigenvalue weighted by atomic mass is 32.2. The molecule has 0 aliphatic heterocycles. The molecule has 0 bridgehead atoms. The first-order valence-electron chi connectivity index (χ1n) is 8.98. The fourth-order valence-corrected chi connectivity index (χ4v) is 3.56. The standard InChI is InChI=1S/C19H21N3O7S/c1-3-10-30(27,28)21-16-8-4-6-14(11-16)19(24)29-13(2)18(23)20-15-7-5-9-17(12-15)22(25)26/h4-9,11-13,21H,3,10H2,1-2H3,(H,20,23). The summed E-state index contributed by atoms with van der Waals surface area (Å²) in [4.78, 5) is 34.8. The van der Waals surface area contributed by atoms with E-state index in [0.29, 0.717) is 6.42 Å². The third-order valence-electron chi connectivity index (χ3n) is 3.82. The lowest BCUT2D eigenvalue weighted by Gasteiger charge is -2.14. The summed E-state index contributed by atoms with van der Waals surface area (Å²) in [5.74, 6) is -1.56. The van der Waals surface area contributed by atoms with E-state index >= 15 is 0 Å². The van der Waals surface area contributed by atoms with Gasteiger partial charge in [0.05, 0.1) is 16.2 Å². The molecule has 2 rings (SSSR count). The minimum Gasteiger partial charge on any atom is -0.449 e. The molecule has 1 amide bonds. The van der Waals surface area contributed by atoms with Gasteiger partial charge in [-0.25, -0.2) is 13.2 Å². The minimum absolute atomic E-state index is 0.0571. The number of carbonyl (C=O) groups is 2. The predicted molar refractivity (Wildman–Crippen MR) is 111 cm³/mol. The quantitative estimate of drug-likeness (QED) is 0.350. The molecular weight excluding hydrogens is 414 g/mol. The van der Waals surface area contributed by atoms with Crippen LogP contribution in [0.4, 0.5) is 17.1 Å². The first-order chi connectivity index (χ1) is 14.1. The van der Waals surface area contributed by atoms with Gasteiger partial charge in [-0.05, 0) is 37.6 Å². The zero-order chi connectivity index (χ0) is 22.3. The number of non-ortho nitro benzene ring substituents is 1. The summed E-state index contributed by atoms with van der Waals surface area (Å²) in [6.07, 6.45) is -0.758. The average molecular weight is 435 g/mol. The summed E-state index contributed by atoms with van der Waals surface area (Å²) >= 11 is 0. The van der Waals surface area contributed by atoms with Crippen molar-refractivity contribution in [2.24, 2.45) is 0 Å². The fourth-order valence-electron chi connectivity index (χ4n) is 2.43. The molecule has 2 aromatic carbocycles. The van der Waals surface area contributed by atoms with Crippen molar-refractivity contribution >= 4 is 39.0 Å². The number of rotatable bonds is 9. The molecule has 0 saturated carbocycles. The molecule has 1 atom stereocenters. The minimum atomic E-state index is -3.52. The van der Waals surface area contributed by atoms with Crippen LogP contribution in [0.5, 0.6) is 0 Å². The second-order valence-electron chi connectivity index (χ2n) is 6.35. The summed E-state index contributed by atoms with van der Waals surface area (Å²) < 4.78 is 31.2. The number of benzene rings is 2. The van der Waals surface area contributed by atoms with Crippen LogP contribution >= 0.6 is 0 Å². The van der Waals surface area contributed by atoms with Gasteiger partial charge in [-0.15, -0.1) is 0 Å². The Balaban J connectivity index is 2.03. The van der Waals surface area contributed by atoms with Crippen molar-refractivity contribution in [3.63, 3.8) is 0 Å². The molecular formula is C19H21N3O7S. The van der Waals surface area contributed by atoms with Crippen LogP contribution in [0.3, 0.4) is 0 Å². The van der Waals surface area contributed by atoms with Gasteiger partial charge in [-0.2, -0.15) is 0 Å². The Morgan fingerprint density at radius 1 is 1.13 bits per heavy atom. The predicted octanol–water partition coefficient (Wildman–Crippen LogP) is 2.93. The van der Waals surface area contributed by atoms with E-state index in [-0.39, 0.29) is 28.4 Å². The molecule has 2 N–H and O–H groups in total. The highest BCUT2D eigenvalue weighted by Gasteiger charge is 2.20. The third kappa shape index (κ3) is 6.55. The molecule has 0 fully saturated rings. The monoisotopic (exact) mass is 435 g/mol. The van der Waals surface area contributed by atoms with Crippen LogP contribution in [0.25, 0.3) is 0 Å². The maximum Gasteiger partial charge on any atom is 0.338 e. The molecule has 0 radical (unpaired) electrons. The molecule has 11 heteroatoms. The van der Waals surface area contributed by atoms with E-state index in [1.165, 1.54) is 55.5 Å². The van der Waals surface area contributed by atoms with Crippen molar-refractivity contribution in [1.82, 2.24) is 0 Å². The number of sulfonamides is 1. The normalized spacial score (nSPS) is 11.9. The van der Waals surface area contributed by atoms with Gasteiger partial charge in [0.2, 0.25) is 10.0 Å². The molecule has 0 spiro atoms. The van der Waals surface area contributed by atoms with Crippen LogP contribution in [-0.2, 0) is 19.6 Å². The molecule has 1 unspecified atom stereocenters. The van der Waals surface area contributed by atoms with Gasteiger partial charge in [0, 0.05) is 23.5 Å². The Bertz CT molecular complexity index is 1050. The molecule has 30 heavy (non-hydrogen) atoms. The first kappa shape index (κ1) is 22.8. The Morgan fingerprint density at radius 3 is 2.47 bits per heavy atom. The summed E-state index contributed by atoms with van der Waals surface area (Å²) in [6.45, 7) is 3.07. The second-order valence-corrected chi connectivity index (χ2v) is 8.19. The molecule has 0 heterocycles. The Morgan fingerprint density at radius 2 is 1.80 bits per heavy atom. The van der Waals surface area contributed by atoms with Crippen molar-refractivity contribution in [3.8, 4) is 0 Å². The summed E-state index contributed by atoms with van der Waals surface area (Å²) in [5, 5.41) is 13.2. The van der Waals surface area contributed by atoms with Gasteiger partial charge in [-0.1, -0.05) is 19.1 Å². The first-order valence-corrected chi connectivity index (χ1v) is 10.6. The van der Waals surface area contributed by atoms with Crippen molar-refractivity contribution in [3.05, 3.63) is 64.2 Å². The zero-order valence-corrected chi connectivity index (χ0v) is 17.1. The largest absolute Gasteiger partial charge is 0.449 e. The van der Waals surface area contributed by atoms with Gasteiger partial charge in [0.15, 0.2) is 6.10 Å². The van der Waals surface area contributed by atoms with Crippen LogP contribution in [0.15, 0.2) is 48.5 Å². The maximum absolute atomic E-state index is 12.3. The van der Waals surface area contributed by atoms with Crippen LogP contribution in [0, 0.1) is 10.1 Å². The van der Waals surface area contributed by atoms with E-state index in [0.717, 1.165) is 0 Å². The molecule has 0 aliphatic rings. The summed E-state index contributed by atoms with van der Waals surface area (Å²) in [5.41, 5.74) is 0.248. The van der Waals surface area contributed by atoms with Crippen LogP contribution < -0.4 is 10.0 Å². The van der Waals surface area contributed by atoms with Gasteiger partial charge in [0.1, 0.15) is 0 Å². The summed E-state index contributed by atoms with van der Waals surface area (Å²) in [7, 11) is -3.52. The number of nitro groups is 1. The molecule has 2 aromatic rings. The third-order valence-corrected chi connectivity index (χ3v) is 5.31. The Kier molecular flexibility index (Phi) is 7.48. The molecule has 0 aliphatic carbocycles. The Labute approximate surface area is 173 Å². The number of esters is 1. The zero-order valence-electron chi connectivity index (χ0n) is 16.3. The van der Waals surface area contributed by atoms with E-state index in [1.54, 1.807) is 6.92 Å². The van der Waals surface area contributed by atoms with E-state index in [4.69, 9.17) is 4.74 Å². The van der Waals surface area contributed by atoms with Crippen molar-refractivity contribution in [2.75, 3.05) is 15.8 Å². The number of amides is 1. The number of anilines is 2. The smallest absolute Gasteiger partial charge is 0.338 e. The van der Waals surface area contributed by atoms with E-state index in [2.05, 4.69) is 10.0 Å². The average Bonchev–Trinajstić information content (AvgIpc) is 2.67. The number of nitrogens with one attached hydrogen (secondary N) is 2. The lowest BCUT2D eigenvalue weighted by atomic mass is 10.2. The number of carbonyl (C=O) groups excluding carboxylic acids is 2. The summed E-state index contributed by atoms with van der Waals surface area (Å²) in [6, 6.07) is 11.0. The highest BCUT2D eigenvalue weighted by Crippen LogP contribution is 2.18. The van der Waals surface area contributed by atoms with E-state index in [1.807, 2.05) is 0 Å². The maximum atomic E-state index is 12.3. The molecule has 160 valence electrons. The van der Waals surface area contributed by atoms with Crippen LogP contribution in [0.2, 0.25) is 0 Å². The number of nitro benzene ring substituents is 1. The molecule has 10 nitrogen and oxygen atoms in total. The van der Waals surface area contributed by atoms with E-state index in [9.17, 15) is 28.1 Å². The van der Waals surface area contributed by atoms with Crippen molar-refractivity contribution < 1.29 is 27.7 Å². The number of hydrogen-bond donors (Lipinski definition) is 2. The van der Waals surface area contributed by atoms with Gasteiger partial charge in [-0.3, -0.25) is 19.6 Å². The van der Waals surface area contributed by atoms with Gasteiger partial charge in [0.25, 0.3) is 11.6 Å². The molecule has 0 saturated heterocycles. The number of nitrogens with zero attached hydrogens (tertiary/aromatic N) is 1. The topological polar surface area (TPSA) is 145 Å². The lowest BCUT2D eigenvalue weighted by Crippen LogP contribution is -2.30. The van der Waals surface area contributed by atoms with E-state index < -0.39 is 32.9 Å². The fraction of sp³-hybridized carbons (Fsp3) is 0.263. The highest BCUT2D eigenvalue weighted by molar-refractivity contribution is 7.92. The number of ether oxygens (including phenoxy) is 1. The Hall–Kier alpha value is -3.47.